The Labute approximate surface area is 129 Å². The highest BCUT2D eigenvalue weighted by atomic mass is 16.4. The molecule has 2 N–H and O–H groups in total. The van der Waals surface area contributed by atoms with Crippen molar-refractivity contribution >= 4 is 23.3 Å². The lowest BCUT2D eigenvalue weighted by Crippen LogP contribution is -2.29. The van der Waals surface area contributed by atoms with Gasteiger partial charge in [-0.1, -0.05) is 6.92 Å². The second-order valence-electron chi connectivity index (χ2n) is 5.67. The highest BCUT2D eigenvalue weighted by Crippen LogP contribution is 2.19. The van der Waals surface area contributed by atoms with E-state index in [0.717, 1.165) is 24.4 Å². The van der Waals surface area contributed by atoms with Crippen LogP contribution in [0.5, 0.6) is 0 Å². The predicted molar refractivity (Wildman–Crippen MR) is 85.3 cm³/mol. The van der Waals surface area contributed by atoms with E-state index < -0.39 is 5.97 Å². The first-order valence-corrected chi connectivity index (χ1v) is 7.37. The van der Waals surface area contributed by atoms with Crippen molar-refractivity contribution in [2.24, 2.45) is 11.0 Å². The van der Waals surface area contributed by atoms with Crippen LogP contribution in [-0.2, 0) is 4.79 Å². The molecule has 0 bridgehead atoms. The van der Waals surface area contributed by atoms with Crippen molar-refractivity contribution in [1.82, 2.24) is 5.32 Å². The van der Waals surface area contributed by atoms with E-state index in [2.05, 4.69) is 10.4 Å². The number of rotatable bonds is 6. The summed E-state index contributed by atoms with van der Waals surface area (Å²) in [5.41, 5.74) is 2.63. The minimum absolute atomic E-state index is 0.0472. The number of amides is 1. The SMILES string of the molecule is CC1=NN(c2ccc(C(=O)NCC(C)CC(=O)O)cc2)CC1. The number of carbonyl (C=O) groups is 2. The highest BCUT2D eigenvalue weighted by Gasteiger charge is 2.14. The summed E-state index contributed by atoms with van der Waals surface area (Å²) < 4.78 is 0. The van der Waals surface area contributed by atoms with Crippen molar-refractivity contribution in [3.05, 3.63) is 29.8 Å². The number of carboxylic acid groups (broad SMARTS) is 1. The Bertz CT molecular complexity index is 581. The minimum atomic E-state index is -0.854. The van der Waals surface area contributed by atoms with Crippen molar-refractivity contribution in [2.45, 2.75) is 26.7 Å². The second-order valence-corrected chi connectivity index (χ2v) is 5.67. The van der Waals surface area contributed by atoms with Gasteiger partial charge < -0.3 is 10.4 Å². The first kappa shape index (κ1) is 16.0. The molecular formula is C16H21N3O3. The van der Waals surface area contributed by atoms with E-state index in [1.165, 1.54) is 0 Å². The summed E-state index contributed by atoms with van der Waals surface area (Å²) in [6.45, 7) is 5.01. The third-order valence-electron chi connectivity index (χ3n) is 3.54. The third kappa shape index (κ3) is 4.31. The summed E-state index contributed by atoms with van der Waals surface area (Å²) in [4.78, 5) is 22.6. The van der Waals surface area contributed by atoms with Crippen LogP contribution in [0.2, 0.25) is 0 Å². The van der Waals surface area contributed by atoms with Crippen LogP contribution in [0.15, 0.2) is 29.4 Å². The van der Waals surface area contributed by atoms with E-state index in [9.17, 15) is 9.59 Å². The molecule has 0 aromatic heterocycles. The zero-order chi connectivity index (χ0) is 16.1. The molecule has 1 aromatic rings. The van der Waals surface area contributed by atoms with Crippen molar-refractivity contribution < 1.29 is 14.7 Å². The maximum Gasteiger partial charge on any atom is 0.303 e. The number of hydrazone groups is 1. The van der Waals surface area contributed by atoms with Gasteiger partial charge >= 0.3 is 5.97 Å². The number of anilines is 1. The molecule has 118 valence electrons. The van der Waals surface area contributed by atoms with E-state index in [0.29, 0.717) is 12.1 Å². The minimum Gasteiger partial charge on any atom is -0.481 e. The first-order chi connectivity index (χ1) is 10.5. The Kier molecular flexibility index (Phi) is 5.14. The van der Waals surface area contributed by atoms with Crippen LogP contribution >= 0.6 is 0 Å². The van der Waals surface area contributed by atoms with Crippen LogP contribution in [0.4, 0.5) is 5.69 Å². The van der Waals surface area contributed by atoms with E-state index in [4.69, 9.17) is 5.11 Å². The van der Waals surface area contributed by atoms with Crippen molar-refractivity contribution in [2.75, 3.05) is 18.1 Å². The summed E-state index contributed by atoms with van der Waals surface area (Å²) in [5, 5.41) is 17.8. The Morgan fingerprint density at radius 3 is 2.59 bits per heavy atom. The smallest absolute Gasteiger partial charge is 0.303 e. The zero-order valence-corrected chi connectivity index (χ0v) is 12.9. The molecule has 0 fully saturated rings. The lowest BCUT2D eigenvalue weighted by Gasteiger charge is -2.14. The molecule has 6 heteroatoms. The van der Waals surface area contributed by atoms with Crippen LogP contribution in [0.1, 0.15) is 37.0 Å². The van der Waals surface area contributed by atoms with Crippen molar-refractivity contribution in [3.63, 3.8) is 0 Å². The summed E-state index contributed by atoms with van der Waals surface area (Å²) in [6.07, 6.45) is 1.01. The number of hydrogen-bond acceptors (Lipinski definition) is 4. The molecule has 1 heterocycles. The fraction of sp³-hybridized carbons (Fsp3) is 0.438. The van der Waals surface area contributed by atoms with Gasteiger partial charge in [0.25, 0.3) is 5.91 Å². The van der Waals surface area contributed by atoms with Crippen LogP contribution < -0.4 is 10.3 Å². The fourth-order valence-corrected chi connectivity index (χ4v) is 2.28. The molecule has 1 unspecified atom stereocenters. The number of hydrogen-bond donors (Lipinski definition) is 2. The Balaban J connectivity index is 1.90. The monoisotopic (exact) mass is 303 g/mol. The van der Waals surface area contributed by atoms with Gasteiger partial charge in [-0.3, -0.25) is 14.6 Å². The van der Waals surface area contributed by atoms with Crippen molar-refractivity contribution in [1.29, 1.82) is 0 Å². The van der Waals surface area contributed by atoms with Gasteiger partial charge in [-0.05, 0) is 37.1 Å². The molecule has 1 aliphatic heterocycles. The quantitative estimate of drug-likeness (QED) is 0.843. The predicted octanol–water partition coefficient (Wildman–Crippen LogP) is 2.11. The van der Waals surface area contributed by atoms with Gasteiger partial charge in [-0.2, -0.15) is 5.10 Å². The van der Waals surface area contributed by atoms with Gasteiger partial charge in [0.05, 0.1) is 5.69 Å². The molecule has 1 aliphatic rings. The highest BCUT2D eigenvalue weighted by molar-refractivity contribution is 5.94. The lowest BCUT2D eigenvalue weighted by atomic mass is 10.1. The largest absolute Gasteiger partial charge is 0.481 e. The summed E-state index contributed by atoms with van der Waals surface area (Å²) in [6, 6.07) is 7.26. The molecule has 0 saturated carbocycles. The molecule has 0 radical (unpaired) electrons. The fourth-order valence-electron chi connectivity index (χ4n) is 2.28. The number of carbonyl (C=O) groups excluding carboxylic acids is 1. The Morgan fingerprint density at radius 1 is 1.36 bits per heavy atom. The zero-order valence-electron chi connectivity index (χ0n) is 12.9. The summed E-state index contributed by atoms with van der Waals surface area (Å²) in [5.74, 6) is -1.14. The molecule has 22 heavy (non-hydrogen) atoms. The van der Waals surface area contributed by atoms with E-state index >= 15 is 0 Å². The number of nitrogens with zero attached hydrogens (tertiary/aromatic N) is 2. The third-order valence-corrected chi connectivity index (χ3v) is 3.54. The normalized spacial score (nSPS) is 15.4. The molecule has 0 saturated heterocycles. The first-order valence-electron chi connectivity index (χ1n) is 7.37. The van der Waals surface area contributed by atoms with E-state index in [1.54, 1.807) is 19.1 Å². The average Bonchev–Trinajstić information content (AvgIpc) is 2.91. The molecule has 0 spiro atoms. The van der Waals surface area contributed by atoms with E-state index in [1.807, 2.05) is 24.1 Å². The van der Waals surface area contributed by atoms with Crippen LogP contribution in [0, 0.1) is 5.92 Å². The summed E-state index contributed by atoms with van der Waals surface area (Å²) >= 11 is 0. The van der Waals surface area contributed by atoms with Gasteiger partial charge in [-0.15, -0.1) is 0 Å². The Hall–Kier alpha value is -2.37. The number of carboxylic acids is 1. The maximum atomic E-state index is 12.0. The molecule has 0 aliphatic carbocycles. The van der Waals surface area contributed by atoms with Gasteiger partial charge in [0.2, 0.25) is 0 Å². The van der Waals surface area contributed by atoms with Crippen LogP contribution in [-0.4, -0.2) is 35.8 Å². The van der Waals surface area contributed by atoms with Crippen LogP contribution in [0.3, 0.4) is 0 Å². The van der Waals surface area contributed by atoms with Gasteiger partial charge in [-0.25, -0.2) is 0 Å². The topological polar surface area (TPSA) is 82.0 Å². The van der Waals surface area contributed by atoms with Crippen molar-refractivity contribution in [3.8, 4) is 0 Å². The molecule has 2 rings (SSSR count). The van der Waals surface area contributed by atoms with Gasteiger partial charge in [0.1, 0.15) is 0 Å². The van der Waals surface area contributed by atoms with Crippen LogP contribution in [0.25, 0.3) is 0 Å². The molecule has 6 nitrogen and oxygen atoms in total. The molecule has 1 amide bonds. The lowest BCUT2D eigenvalue weighted by molar-refractivity contribution is -0.137. The molecule has 1 atom stereocenters. The van der Waals surface area contributed by atoms with Gasteiger partial charge in [0, 0.05) is 37.2 Å². The summed E-state index contributed by atoms with van der Waals surface area (Å²) in [7, 11) is 0. The number of aliphatic carboxylic acids is 1. The Morgan fingerprint density at radius 2 is 2.05 bits per heavy atom. The van der Waals surface area contributed by atoms with Gasteiger partial charge in [0.15, 0.2) is 0 Å². The second kappa shape index (κ2) is 7.06. The molecular weight excluding hydrogens is 282 g/mol. The molecule has 1 aromatic carbocycles. The number of nitrogens with one attached hydrogen (secondary N) is 1. The van der Waals surface area contributed by atoms with E-state index in [-0.39, 0.29) is 18.2 Å². The average molecular weight is 303 g/mol. The maximum absolute atomic E-state index is 12.0. The standard InChI is InChI=1S/C16H21N3O3/c1-11(9-15(20)21)10-17-16(22)13-3-5-14(6-4-13)19-8-7-12(2)18-19/h3-6,11H,7-10H2,1-2H3,(H,17,22)(H,20,21). The number of benzene rings is 1.